The molecule has 1 atom stereocenters. The first-order valence-corrected chi connectivity index (χ1v) is 6.20. The molecule has 0 bridgehead atoms. The predicted octanol–water partition coefficient (Wildman–Crippen LogP) is 1.43. The lowest BCUT2D eigenvalue weighted by Gasteiger charge is -2.46. The number of fused-ring (bicyclic) bond motifs is 1. The molecule has 0 spiro atoms. The van der Waals surface area contributed by atoms with Crippen molar-refractivity contribution in [3.05, 3.63) is 48.0 Å². The highest BCUT2D eigenvalue weighted by atomic mass is 16.5. The summed E-state index contributed by atoms with van der Waals surface area (Å²) in [7, 11) is 0. The van der Waals surface area contributed by atoms with Crippen LogP contribution in [0, 0.1) is 0 Å². The maximum absolute atomic E-state index is 9.39. The van der Waals surface area contributed by atoms with Gasteiger partial charge in [-0.05, 0) is 16.3 Å². The van der Waals surface area contributed by atoms with Crippen molar-refractivity contribution in [2.45, 2.75) is 11.5 Å². The van der Waals surface area contributed by atoms with Crippen LogP contribution in [-0.2, 0) is 10.2 Å². The van der Waals surface area contributed by atoms with Crippen LogP contribution in [0.1, 0.15) is 5.56 Å². The molecular weight excluding hydrogens is 226 g/mol. The zero-order valence-electron chi connectivity index (χ0n) is 10.2. The van der Waals surface area contributed by atoms with Crippen molar-refractivity contribution in [2.24, 2.45) is 5.73 Å². The summed E-state index contributed by atoms with van der Waals surface area (Å²) in [6.45, 7) is 1.15. The Morgan fingerprint density at radius 2 is 1.89 bits per heavy atom. The monoisotopic (exact) mass is 243 g/mol. The number of benzene rings is 2. The molecule has 3 heteroatoms. The fourth-order valence-electron chi connectivity index (χ4n) is 2.73. The summed E-state index contributed by atoms with van der Waals surface area (Å²) in [6.07, 6.45) is 0. The molecule has 18 heavy (non-hydrogen) atoms. The Morgan fingerprint density at radius 3 is 2.56 bits per heavy atom. The quantitative estimate of drug-likeness (QED) is 0.857. The third kappa shape index (κ3) is 1.56. The van der Waals surface area contributed by atoms with Crippen molar-refractivity contribution < 1.29 is 9.84 Å². The van der Waals surface area contributed by atoms with Crippen LogP contribution in [0.4, 0.5) is 0 Å². The second kappa shape index (κ2) is 4.35. The average molecular weight is 243 g/mol. The average Bonchev–Trinajstić information content (AvgIpc) is 2.37. The molecule has 1 aliphatic heterocycles. The molecule has 1 heterocycles. The van der Waals surface area contributed by atoms with Crippen LogP contribution in [0.5, 0.6) is 0 Å². The van der Waals surface area contributed by atoms with Crippen molar-refractivity contribution in [2.75, 3.05) is 19.8 Å². The number of nitrogens with two attached hydrogens (primary N) is 1. The number of hydrogen-bond donors (Lipinski definition) is 2. The van der Waals surface area contributed by atoms with E-state index >= 15 is 0 Å². The summed E-state index contributed by atoms with van der Waals surface area (Å²) in [5.41, 5.74) is 7.05. The summed E-state index contributed by atoms with van der Waals surface area (Å²) in [5, 5.41) is 11.8. The molecular formula is C15H17NO2. The van der Waals surface area contributed by atoms with Gasteiger partial charge in [-0.25, -0.2) is 0 Å². The lowest BCUT2D eigenvalue weighted by atomic mass is 9.71. The van der Waals surface area contributed by atoms with E-state index in [4.69, 9.17) is 10.5 Å². The molecule has 94 valence electrons. The van der Waals surface area contributed by atoms with Crippen LogP contribution in [-0.4, -0.2) is 31.0 Å². The molecule has 2 aromatic carbocycles. The van der Waals surface area contributed by atoms with E-state index < -0.39 is 0 Å². The Morgan fingerprint density at radius 1 is 1.17 bits per heavy atom. The molecule has 1 unspecified atom stereocenters. The zero-order valence-corrected chi connectivity index (χ0v) is 10.2. The maximum Gasteiger partial charge on any atom is 0.0601 e. The van der Waals surface area contributed by atoms with E-state index in [1.54, 1.807) is 0 Å². The van der Waals surface area contributed by atoms with Gasteiger partial charge in [-0.1, -0.05) is 42.5 Å². The lowest BCUT2D eigenvalue weighted by Crippen LogP contribution is -2.60. The molecule has 1 aliphatic rings. The third-order valence-electron chi connectivity index (χ3n) is 3.95. The van der Waals surface area contributed by atoms with Gasteiger partial charge in [0.05, 0.1) is 25.2 Å². The second-order valence-electron chi connectivity index (χ2n) is 4.96. The second-order valence-corrected chi connectivity index (χ2v) is 4.96. The summed E-state index contributed by atoms with van der Waals surface area (Å²) in [6, 6.07) is 14.2. The van der Waals surface area contributed by atoms with Crippen LogP contribution in [0.3, 0.4) is 0 Å². The van der Waals surface area contributed by atoms with Crippen molar-refractivity contribution in [1.82, 2.24) is 0 Å². The van der Waals surface area contributed by atoms with E-state index in [9.17, 15) is 5.11 Å². The zero-order chi connectivity index (χ0) is 12.6. The molecule has 1 saturated heterocycles. The summed E-state index contributed by atoms with van der Waals surface area (Å²) in [4.78, 5) is 0. The van der Waals surface area contributed by atoms with Crippen molar-refractivity contribution in [3.63, 3.8) is 0 Å². The topological polar surface area (TPSA) is 55.5 Å². The molecule has 0 aliphatic carbocycles. The first-order chi connectivity index (χ1) is 8.78. The highest BCUT2D eigenvalue weighted by Crippen LogP contribution is 2.38. The largest absolute Gasteiger partial charge is 0.395 e. The maximum atomic E-state index is 9.39. The molecule has 3 nitrogen and oxygen atoms in total. The fourth-order valence-corrected chi connectivity index (χ4v) is 2.73. The summed E-state index contributed by atoms with van der Waals surface area (Å²) < 4.78 is 5.37. The molecule has 3 N–H and O–H groups in total. The molecule has 2 aromatic rings. The molecule has 1 fully saturated rings. The van der Waals surface area contributed by atoms with Gasteiger partial charge in [-0.2, -0.15) is 0 Å². The Hall–Kier alpha value is -1.42. The Kier molecular flexibility index (Phi) is 2.82. The van der Waals surface area contributed by atoms with Crippen molar-refractivity contribution >= 4 is 10.8 Å². The smallest absolute Gasteiger partial charge is 0.0601 e. The molecule has 0 aromatic heterocycles. The van der Waals surface area contributed by atoms with E-state index in [2.05, 4.69) is 24.3 Å². The lowest BCUT2D eigenvalue weighted by molar-refractivity contribution is -0.0790. The number of rotatable bonds is 3. The Bertz CT molecular complexity index is 558. The van der Waals surface area contributed by atoms with Crippen LogP contribution < -0.4 is 5.73 Å². The minimum atomic E-state index is -0.281. The fraction of sp³-hybridized carbons (Fsp3) is 0.333. The first-order valence-electron chi connectivity index (χ1n) is 6.20. The van der Waals surface area contributed by atoms with Gasteiger partial charge in [0.15, 0.2) is 0 Å². The normalized spacial score (nSPS) is 19.4. The summed E-state index contributed by atoms with van der Waals surface area (Å²) >= 11 is 0. The van der Waals surface area contributed by atoms with E-state index in [-0.39, 0.29) is 18.1 Å². The van der Waals surface area contributed by atoms with Gasteiger partial charge in [-0.3, -0.25) is 0 Å². The van der Waals surface area contributed by atoms with Crippen LogP contribution in [0.25, 0.3) is 10.8 Å². The van der Waals surface area contributed by atoms with Gasteiger partial charge in [0.2, 0.25) is 0 Å². The highest BCUT2D eigenvalue weighted by molar-refractivity contribution is 5.87. The van der Waals surface area contributed by atoms with E-state index in [1.165, 1.54) is 16.3 Å². The Labute approximate surface area is 106 Å². The minimum Gasteiger partial charge on any atom is -0.395 e. The van der Waals surface area contributed by atoms with E-state index in [1.807, 2.05) is 18.2 Å². The molecule has 0 radical (unpaired) electrons. The van der Waals surface area contributed by atoms with Gasteiger partial charge in [0.1, 0.15) is 0 Å². The number of aliphatic hydroxyl groups excluding tert-OH is 1. The summed E-state index contributed by atoms with van der Waals surface area (Å²) in [5.74, 6) is 0. The van der Waals surface area contributed by atoms with Gasteiger partial charge >= 0.3 is 0 Å². The SMILES string of the molecule is NC(CO)C1(c2cccc3ccccc23)COC1. The van der Waals surface area contributed by atoms with Gasteiger partial charge in [0, 0.05) is 6.04 Å². The molecule has 0 saturated carbocycles. The standard InChI is InChI=1S/C15H17NO2/c16-14(8-17)15(9-18-10-15)13-7-3-5-11-4-1-2-6-12(11)13/h1-7,14,17H,8-10,16H2. The van der Waals surface area contributed by atoms with Crippen LogP contribution in [0.15, 0.2) is 42.5 Å². The van der Waals surface area contributed by atoms with Crippen molar-refractivity contribution in [3.8, 4) is 0 Å². The molecule has 3 rings (SSSR count). The van der Waals surface area contributed by atoms with Gasteiger partial charge < -0.3 is 15.6 Å². The van der Waals surface area contributed by atoms with E-state index in [0.717, 1.165) is 0 Å². The van der Waals surface area contributed by atoms with Crippen molar-refractivity contribution in [1.29, 1.82) is 0 Å². The number of hydrogen-bond acceptors (Lipinski definition) is 3. The van der Waals surface area contributed by atoms with Crippen LogP contribution in [0.2, 0.25) is 0 Å². The third-order valence-corrected chi connectivity index (χ3v) is 3.95. The Balaban J connectivity index is 2.19. The highest BCUT2D eigenvalue weighted by Gasteiger charge is 2.46. The first kappa shape index (κ1) is 11.7. The minimum absolute atomic E-state index is 0.0212. The van der Waals surface area contributed by atoms with Gasteiger partial charge in [-0.15, -0.1) is 0 Å². The molecule has 0 amide bonds. The number of ether oxygens (including phenoxy) is 1. The predicted molar refractivity (Wildman–Crippen MR) is 71.5 cm³/mol. The number of aliphatic hydroxyl groups is 1. The van der Waals surface area contributed by atoms with Gasteiger partial charge in [0.25, 0.3) is 0 Å². The van der Waals surface area contributed by atoms with Crippen LogP contribution >= 0.6 is 0 Å². The van der Waals surface area contributed by atoms with E-state index in [0.29, 0.717) is 13.2 Å².